The first-order valence-corrected chi connectivity index (χ1v) is 12.4. The molecule has 40 heavy (non-hydrogen) atoms. The molecule has 2 amide bonds. The van der Waals surface area contributed by atoms with Gasteiger partial charge in [0.1, 0.15) is 18.0 Å². The molecule has 4 rings (SSSR count). The van der Waals surface area contributed by atoms with E-state index in [-0.39, 0.29) is 5.69 Å². The summed E-state index contributed by atoms with van der Waals surface area (Å²) >= 11 is 5.66. The number of benzene rings is 2. The predicted octanol–water partition coefficient (Wildman–Crippen LogP) is 6.13. The molecule has 2 aromatic carbocycles. The molecule has 2 heterocycles. The van der Waals surface area contributed by atoms with Crippen LogP contribution in [0.15, 0.2) is 54.9 Å². The second-order valence-electron chi connectivity index (χ2n) is 9.11. The van der Waals surface area contributed by atoms with Gasteiger partial charge in [-0.05, 0) is 56.9 Å². The summed E-state index contributed by atoms with van der Waals surface area (Å²) in [6.45, 7) is 2.48. The molecule has 210 valence electrons. The molecule has 0 aliphatic rings. The van der Waals surface area contributed by atoms with Gasteiger partial charge in [-0.15, -0.1) is 0 Å². The topological polar surface area (TPSA) is 112 Å². The third-order valence-electron chi connectivity index (χ3n) is 5.65. The van der Waals surface area contributed by atoms with Gasteiger partial charge in [-0.2, -0.15) is 23.0 Å². The van der Waals surface area contributed by atoms with Crippen LogP contribution < -0.4 is 21.3 Å². The maximum atomic E-state index is 13.2. The van der Waals surface area contributed by atoms with Crippen molar-refractivity contribution in [1.82, 2.24) is 24.6 Å². The first kappa shape index (κ1) is 28.6. The highest BCUT2D eigenvalue weighted by molar-refractivity contribution is 6.31. The van der Waals surface area contributed by atoms with Crippen LogP contribution >= 0.6 is 11.6 Å². The zero-order chi connectivity index (χ0) is 29.0. The van der Waals surface area contributed by atoms with Crippen LogP contribution in [-0.2, 0) is 12.7 Å². The summed E-state index contributed by atoms with van der Waals surface area (Å²) < 4.78 is 41.2. The van der Waals surface area contributed by atoms with Crippen LogP contribution in [0.4, 0.5) is 46.7 Å². The van der Waals surface area contributed by atoms with E-state index in [0.717, 1.165) is 23.4 Å². The Bertz CT molecular complexity index is 1520. The average Bonchev–Trinajstić information content (AvgIpc) is 3.27. The molecule has 0 saturated heterocycles. The molecule has 0 aliphatic carbocycles. The number of aryl methyl sites for hydroxylation is 1. The molecule has 0 radical (unpaired) electrons. The van der Waals surface area contributed by atoms with Crippen LogP contribution in [-0.4, -0.2) is 51.8 Å². The number of hydrogen-bond acceptors (Lipinski definition) is 7. The number of hydrogen-bond donors (Lipinski definition) is 4. The Morgan fingerprint density at radius 2 is 1.73 bits per heavy atom. The lowest BCUT2D eigenvalue weighted by Crippen LogP contribution is -2.20. The molecule has 4 aromatic rings. The van der Waals surface area contributed by atoms with Crippen molar-refractivity contribution in [2.45, 2.75) is 19.6 Å². The van der Waals surface area contributed by atoms with Gasteiger partial charge < -0.3 is 26.2 Å². The van der Waals surface area contributed by atoms with Crippen LogP contribution in [0, 0.1) is 6.92 Å². The molecule has 0 unspecified atom stereocenters. The molecule has 14 heteroatoms. The zero-order valence-electron chi connectivity index (χ0n) is 22.1. The van der Waals surface area contributed by atoms with E-state index in [1.165, 1.54) is 12.4 Å². The fourth-order valence-electron chi connectivity index (χ4n) is 3.78. The first-order chi connectivity index (χ1) is 18.9. The molecule has 2 aromatic heterocycles. The Kier molecular flexibility index (Phi) is 8.45. The van der Waals surface area contributed by atoms with Gasteiger partial charge in [-0.1, -0.05) is 17.7 Å². The van der Waals surface area contributed by atoms with Crippen molar-refractivity contribution in [3.63, 3.8) is 0 Å². The Labute approximate surface area is 233 Å². The van der Waals surface area contributed by atoms with Gasteiger partial charge in [0, 0.05) is 42.8 Å². The summed E-state index contributed by atoms with van der Waals surface area (Å²) in [7, 11) is 5.63. The van der Waals surface area contributed by atoms with Crippen molar-refractivity contribution < 1.29 is 18.0 Å². The van der Waals surface area contributed by atoms with E-state index in [0.29, 0.717) is 35.4 Å². The number of rotatable bonds is 8. The van der Waals surface area contributed by atoms with Crippen LogP contribution in [0.1, 0.15) is 16.8 Å². The monoisotopic (exact) mass is 573 g/mol. The van der Waals surface area contributed by atoms with E-state index in [2.05, 4.69) is 31.2 Å². The van der Waals surface area contributed by atoms with Crippen LogP contribution in [0.5, 0.6) is 0 Å². The van der Waals surface area contributed by atoms with Crippen LogP contribution in [0.2, 0.25) is 5.02 Å². The normalized spacial score (nSPS) is 11.4. The fourth-order valence-corrected chi connectivity index (χ4v) is 4.01. The lowest BCUT2D eigenvalue weighted by atomic mass is 10.1. The van der Waals surface area contributed by atoms with Crippen LogP contribution in [0.25, 0.3) is 5.82 Å². The number of alkyl halides is 3. The lowest BCUT2D eigenvalue weighted by Gasteiger charge is -2.15. The highest BCUT2D eigenvalue weighted by Gasteiger charge is 2.33. The molecule has 0 fully saturated rings. The minimum atomic E-state index is -4.65. The summed E-state index contributed by atoms with van der Waals surface area (Å²) in [5.41, 5.74) is 1.66. The van der Waals surface area contributed by atoms with Crippen molar-refractivity contribution in [3.8, 4) is 5.82 Å². The van der Waals surface area contributed by atoms with E-state index >= 15 is 0 Å². The van der Waals surface area contributed by atoms with Gasteiger partial charge in [0.2, 0.25) is 0 Å². The number of aromatic nitrogens is 4. The van der Waals surface area contributed by atoms with Crippen molar-refractivity contribution >= 4 is 46.3 Å². The number of carbonyl (C=O) groups is 1. The smallest absolute Gasteiger partial charge is 0.373 e. The number of halogens is 4. The molecule has 0 bridgehead atoms. The Morgan fingerprint density at radius 3 is 2.40 bits per heavy atom. The van der Waals surface area contributed by atoms with Gasteiger partial charge in [0.15, 0.2) is 5.82 Å². The molecule has 0 spiro atoms. The predicted molar refractivity (Wildman–Crippen MR) is 150 cm³/mol. The molecule has 0 saturated carbocycles. The first-order valence-electron chi connectivity index (χ1n) is 12.0. The Hall–Kier alpha value is -4.36. The summed E-state index contributed by atoms with van der Waals surface area (Å²) in [5, 5.41) is 15.6. The molecule has 4 N–H and O–H groups in total. The van der Waals surface area contributed by atoms with Crippen molar-refractivity contribution in [2.75, 3.05) is 42.4 Å². The Balaban J connectivity index is 1.57. The van der Waals surface area contributed by atoms with E-state index in [1.54, 1.807) is 36.0 Å². The van der Waals surface area contributed by atoms with Gasteiger partial charge in [0.25, 0.3) is 0 Å². The standard InChI is InChI=1S/C26H27ClF3N9O/c1-15-5-6-17(35-25(40)34-16-7-8-20(27)19(9-16)26(28,29)30)10-21(15)36-24-11-18(13-38(3)4)37-39(24)23-12-22(31-2)32-14-33-23/h5-12,14,36H,13H2,1-4H3,(H,31,32,33)(H2,34,35,40). The second-order valence-corrected chi connectivity index (χ2v) is 9.52. The quantitative estimate of drug-likeness (QED) is 0.200. The highest BCUT2D eigenvalue weighted by Crippen LogP contribution is 2.36. The zero-order valence-corrected chi connectivity index (χ0v) is 22.8. The average molecular weight is 574 g/mol. The summed E-state index contributed by atoms with van der Waals surface area (Å²) in [6, 6.07) is 11.3. The number of nitrogens with one attached hydrogen (secondary N) is 4. The Morgan fingerprint density at radius 1 is 1.02 bits per heavy atom. The molecule has 10 nitrogen and oxygen atoms in total. The number of urea groups is 1. The highest BCUT2D eigenvalue weighted by atomic mass is 35.5. The van der Waals surface area contributed by atoms with Gasteiger partial charge in [0.05, 0.1) is 16.3 Å². The third-order valence-corrected chi connectivity index (χ3v) is 5.98. The number of nitrogens with zero attached hydrogens (tertiary/aromatic N) is 5. The molecule has 0 aliphatic heterocycles. The number of anilines is 5. The number of amides is 2. The van der Waals surface area contributed by atoms with Crippen molar-refractivity contribution in [2.24, 2.45) is 0 Å². The largest absolute Gasteiger partial charge is 0.417 e. The summed E-state index contributed by atoms with van der Waals surface area (Å²) in [5.74, 6) is 1.79. The second kappa shape index (κ2) is 11.8. The molecular formula is C26H27ClF3N9O. The maximum Gasteiger partial charge on any atom is 0.417 e. The van der Waals surface area contributed by atoms with Gasteiger partial charge >= 0.3 is 12.2 Å². The van der Waals surface area contributed by atoms with Gasteiger partial charge in [-0.3, -0.25) is 0 Å². The van der Waals surface area contributed by atoms with E-state index in [9.17, 15) is 18.0 Å². The van der Waals surface area contributed by atoms with Gasteiger partial charge in [-0.25, -0.2) is 14.8 Å². The number of carbonyl (C=O) groups excluding carboxylic acids is 1. The molecular weight excluding hydrogens is 547 g/mol. The van der Waals surface area contributed by atoms with E-state index in [1.807, 2.05) is 32.0 Å². The minimum Gasteiger partial charge on any atom is -0.373 e. The maximum absolute atomic E-state index is 13.2. The fraction of sp³-hybridized carbons (Fsp3) is 0.231. The summed E-state index contributed by atoms with van der Waals surface area (Å²) in [6.07, 6.45) is -3.22. The van der Waals surface area contributed by atoms with Crippen molar-refractivity contribution in [1.29, 1.82) is 0 Å². The van der Waals surface area contributed by atoms with E-state index < -0.39 is 22.8 Å². The SMILES string of the molecule is CNc1cc(-n2nc(CN(C)C)cc2Nc2cc(NC(=O)Nc3ccc(Cl)c(C(F)(F)F)c3)ccc2C)ncn1. The minimum absolute atomic E-state index is 0.0530. The molecule has 0 atom stereocenters. The van der Waals surface area contributed by atoms with E-state index in [4.69, 9.17) is 16.7 Å². The van der Waals surface area contributed by atoms with Crippen LogP contribution in [0.3, 0.4) is 0 Å². The third kappa shape index (κ3) is 6.98. The summed E-state index contributed by atoms with van der Waals surface area (Å²) in [4.78, 5) is 23.1. The lowest BCUT2D eigenvalue weighted by molar-refractivity contribution is -0.137. The van der Waals surface area contributed by atoms with Crippen molar-refractivity contribution in [3.05, 3.63) is 76.7 Å².